The lowest BCUT2D eigenvalue weighted by atomic mass is 10.2. The summed E-state index contributed by atoms with van der Waals surface area (Å²) < 4.78 is 0. The zero-order valence-corrected chi connectivity index (χ0v) is 10.6. The lowest BCUT2D eigenvalue weighted by Gasteiger charge is -2.27. The summed E-state index contributed by atoms with van der Waals surface area (Å²) >= 11 is 1.87. The first-order valence-corrected chi connectivity index (χ1v) is 6.68. The maximum atomic E-state index is 11.4. The van der Waals surface area contributed by atoms with Gasteiger partial charge in [-0.05, 0) is 20.2 Å². The van der Waals surface area contributed by atoms with Crippen LogP contribution in [0.2, 0.25) is 0 Å². The molecule has 0 spiro atoms. The molecule has 15 heavy (non-hydrogen) atoms. The number of thioether (sulfide) groups is 1. The molecule has 1 heterocycles. The van der Waals surface area contributed by atoms with Crippen LogP contribution in [-0.4, -0.2) is 61.6 Å². The van der Waals surface area contributed by atoms with E-state index in [1.54, 1.807) is 0 Å². The molecule has 0 bridgehead atoms. The number of hydrogen-bond acceptors (Lipinski definition) is 4. The fourth-order valence-corrected chi connectivity index (χ4v) is 2.82. The van der Waals surface area contributed by atoms with Gasteiger partial charge in [0.05, 0.1) is 6.54 Å². The molecule has 1 rings (SSSR count). The van der Waals surface area contributed by atoms with Gasteiger partial charge in [0.2, 0.25) is 5.91 Å². The first-order chi connectivity index (χ1) is 7.19. The molecule has 2 unspecified atom stereocenters. The molecule has 1 aliphatic rings. The zero-order chi connectivity index (χ0) is 11.3. The number of amides is 1. The molecule has 0 aromatic carbocycles. The Morgan fingerprint density at radius 3 is 2.93 bits per heavy atom. The molecule has 1 saturated heterocycles. The quantitative estimate of drug-likeness (QED) is 0.685. The van der Waals surface area contributed by atoms with E-state index in [-0.39, 0.29) is 5.91 Å². The highest BCUT2D eigenvalue weighted by Gasteiger charge is 2.30. The van der Waals surface area contributed by atoms with Crippen LogP contribution in [0, 0.1) is 0 Å². The third kappa shape index (κ3) is 3.66. The topological polar surface area (TPSA) is 44.4 Å². The second-order valence-corrected chi connectivity index (χ2v) is 4.95. The molecular formula is C10H21N3OS. The summed E-state index contributed by atoms with van der Waals surface area (Å²) in [6.07, 6.45) is 2.13. The van der Waals surface area contributed by atoms with Gasteiger partial charge in [-0.25, -0.2) is 0 Å². The van der Waals surface area contributed by atoms with E-state index in [1.165, 1.54) is 0 Å². The number of carbonyl (C=O) groups excluding carboxylic acids is 1. The number of likely N-dealkylation sites (N-methyl/N-ethyl adjacent to an activating group) is 2. The van der Waals surface area contributed by atoms with Gasteiger partial charge in [-0.15, -0.1) is 0 Å². The highest BCUT2D eigenvalue weighted by Crippen LogP contribution is 2.18. The van der Waals surface area contributed by atoms with Crippen molar-refractivity contribution in [3.8, 4) is 0 Å². The molecule has 5 heteroatoms. The largest absolute Gasteiger partial charge is 0.355 e. The van der Waals surface area contributed by atoms with E-state index < -0.39 is 0 Å². The van der Waals surface area contributed by atoms with Crippen LogP contribution < -0.4 is 10.6 Å². The second-order valence-electron chi connectivity index (χ2n) is 3.87. The average Bonchev–Trinajstić information content (AvgIpc) is 2.65. The Hall–Kier alpha value is -0.260. The van der Waals surface area contributed by atoms with Crippen molar-refractivity contribution in [3.05, 3.63) is 0 Å². The van der Waals surface area contributed by atoms with Gasteiger partial charge in [0, 0.05) is 30.9 Å². The summed E-state index contributed by atoms with van der Waals surface area (Å²) in [6.45, 7) is 5.19. The molecule has 0 saturated carbocycles. The third-order valence-corrected chi connectivity index (χ3v) is 3.85. The molecule has 0 aromatic rings. The van der Waals surface area contributed by atoms with E-state index in [2.05, 4.69) is 21.8 Å². The van der Waals surface area contributed by atoms with Crippen molar-refractivity contribution in [1.29, 1.82) is 0 Å². The molecule has 1 amide bonds. The lowest BCUT2D eigenvalue weighted by Crippen LogP contribution is -2.44. The molecule has 2 atom stereocenters. The Morgan fingerprint density at radius 2 is 2.33 bits per heavy atom. The van der Waals surface area contributed by atoms with Crippen LogP contribution in [0.4, 0.5) is 0 Å². The van der Waals surface area contributed by atoms with Crippen molar-refractivity contribution >= 4 is 17.7 Å². The van der Waals surface area contributed by atoms with Gasteiger partial charge in [0.1, 0.15) is 0 Å². The normalized spacial score (nSPS) is 25.9. The Labute approximate surface area is 96.2 Å². The average molecular weight is 231 g/mol. The van der Waals surface area contributed by atoms with Gasteiger partial charge in [-0.1, -0.05) is 0 Å². The van der Waals surface area contributed by atoms with Gasteiger partial charge in [0.15, 0.2) is 0 Å². The van der Waals surface area contributed by atoms with Crippen LogP contribution in [0.3, 0.4) is 0 Å². The van der Waals surface area contributed by atoms with E-state index in [1.807, 2.05) is 25.7 Å². The molecule has 1 aliphatic heterocycles. The van der Waals surface area contributed by atoms with Crippen LogP contribution in [-0.2, 0) is 4.79 Å². The highest BCUT2D eigenvalue weighted by atomic mass is 32.2. The van der Waals surface area contributed by atoms with Gasteiger partial charge >= 0.3 is 0 Å². The first kappa shape index (κ1) is 12.8. The molecule has 2 N–H and O–H groups in total. The Balaban J connectivity index is 2.38. The highest BCUT2D eigenvalue weighted by molar-refractivity contribution is 7.99. The fourth-order valence-electron chi connectivity index (χ4n) is 1.92. The number of nitrogens with zero attached hydrogens (tertiary/aromatic N) is 1. The SMILES string of the molecule is CCNC(=O)CN(C)C1CNCC1SC. The van der Waals surface area contributed by atoms with Gasteiger partial charge in [0.25, 0.3) is 0 Å². The van der Waals surface area contributed by atoms with Crippen LogP contribution in [0.1, 0.15) is 6.92 Å². The van der Waals surface area contributed by atoms with Crippen LogP contribution >= 0.6 is 11.8 Å². The summed E-state index contributed by atoms with van der Waals surface area (Å²) in [4.78, 5) is 13.6. The molecule has 0 aromatic heterocycles. The summed E-state index contributed by atoms with van der Waals surface area (Å²) in [5.41, 5.74) is 0. The van der Waals surface area contributed by atoms with Crippen molar-refractivity contribution in [2.75, 3.05) is 39.5 Å². The molecule has 1 fully saturated rings. The molecule has 4 nitrogen and oxygen atoms in total. The van der Waals surface area contributed by atoms with Crippen molar-refractivity contribution < 1.29 is 4.79 Å². The Bertz CT molecular complexity index is 213. The maximum Gasteiger partial charge on any atom is 0.234 e. The zero-order valence-electron chi connectivity index (χ0n) is 9.75. The summed E-state index contributed by atoms with van der Waals surface area (Å²) in [7, 11) is 2.02. The smallest absolute Gasteiger partial charge is 0.234 e. The Kier molecular flexibility index (Phi) is 5.42. The monoisotopic (exact) mass is 231 g/mol. The first-order valence-electron chi connectivity index (χ1n) is 5.39. The fraction of sp³-hybridized carbons (Fsp3) is 0.900. The van der Waals surface area contributed by atoms with Gasteiger partial charge in [-0.2, -0.15) is 11.8 Å². The second kappa shape index (κ2) is 6.35. The van der Waals surface area contributed by atoms with Crippen molar-refractivity contribution in [3.63, 3.8) is 0 Å². The number of carbonyl (C=O) groups is 1. The van der Waals surface area contributed by atoms with Gasteiger partial charge < -0.3 is 10.6 Å². The molecule has 0 radical (unpaired) electrons. The Morgan fingerprint density at radius 1 is 1.60 bits per heavy atom. The van der Waals surface area contributed by atoms with Crippen LogP contribution in [0.25, 0.3) is 0 Å². The predicted molar refractivity (Wildman–Crippen MR) is 65.3 cm³/mol. The van der Waals surface area contributed by atoms with E-state index in [9.17, 15) is 4.79 Å². The maximum absolute atomic E-state index is 11.4. The third-order valence-electron chi connectivity index (χ3n) is 2.76. The molecule has 88 valence electrons. The molecule has 0 aliphatic carbocycles. The van der Waals surface area contributed by atoms with E-state index in [0.717, 1.165) is 13.1 Å². The minimum Gasteiger partial charge on any atom is -0.355 e. The van der Waals surface area contributed by atoms with Crippen molar-refractivity contribution in [2.24, 2.45) is 0 Å². The lowest BCUT2D eigenvalue weighted by molar-refractivity contribution is -0.122. The van der Waals surface area contributed by atoms with Crippen LogP contribution in [0.15, 0.2) is 0 Å². The standard InChI is InChI=1S/C10H21N3OS/c1-4-12-10(14)7-13(2)8-5-11-6-9(8)15-3/h8-9,11H,4-7H2,1-3H3,(H,12,14). The number of hydrogen-bond donors (Lipinski definition) is 2. The number of nitrogens with one attached hydrogen (secondary N) is 2. The van der Waals surface area contributed by atoms with Crippen molar-refractivity contribution in [2.45, 2.75) is 18.2 Å². The summed E-state index contributed by atoms with van der Waals surface area (Å²) in [5.74, 6) is 0.117. The minimum atomic E-state index is 0.117. The van der Waals surface area contributed by atoms with Gasteiger partial charge in [-0.3, -0.25) is 9.69 Å². The minimum absolute atomic E-state index is 0.117. The molecular weight excluding hydrogens is 210 g/mol. The number of rotatable bonds is 5. The summed E-state index contributed by atoms with van der Waals surface area (Å²) in [5, 5.41) is 6.79. The van der Waals surface area contributed by atoms with E-state index in [4.69, 9.17) is 0 Å². The summed E-state index contributed by atoms with van der Waals surface area (Å²) in [6, 6.07) is 0.475. The van der Waals surface area contributed by atoms with E-state index in [0.29, 0.717) is 24.4 Å². The predicted octanol–water partition coefficient (Wildman–Crippen LogP) is -0.242. The van der Waals surface area contributed by atoms with Crippen LogP contribution in [0.5, 0.6) is 0 Å². The van der Waals surface area contributed by atoms with Crippen molar-refractivity contribution in [1.82, 2.24) is 15.5 Å². The van der Waals surface area contributed by atoms with E-state index >= 15 is 0 Å².